The van der Waals surface area contributed by atoms with Crippen LogP contribution in [0.4, 0.5) is 4.39 Å². The van der Waals surface area contributed by atoms with Gasteiger partial charge in [-0.3, -0.25) is 0 Å². The fourth-order valence-corrected chi connectivity index (χ4v) is 3.45. The Balaban J connectivity index is 2.21. The van der Waals surface area contributed by atoms with Crippen LogP contribution in [0.5, 0.6) is 0 Å². The topological polar surface area (TPSA) is 25.8 Å². The van der Waals surface area contributed by atoms with E-state index in [-0.39, 0.29) is 5.82 Å². The van der Waals surface area contributed by atoms with Gasteiger partial charge in [0.25, 0.3) is 0 Å². The number of benzene rings is 2. The molecule has 0 fully saturated rings. The first kappa shape index (κ1) is 16.6. The molecule has 124 valence electrons. The van der Waals surface area contributed by atoms with Gasteiger partial charge in [0.2, 0.25) is 0 Å². The molecule has 1 aromatic heterocycles. The molecule has 0 unspecified atom stereocenters. The highest BCUT2D eigenvalue weighted by Crippen LogP contribution is 2.35. The minimum absolute atomic E-state index is 0.192. The van der Waals surface area contributed by atoms with E-state index in [1.54, 1.807) is 12.4 Å². The molecular formula is C21H23FN2. The molecular weight excluding hydrogens is 299 g/mol. The lowest BCUT2D eigenvalue weighted by Gasteiger charge is -2.19. The van der Waals surface area contributed by atoms with Gasteiger partial charge in [-0.2, -0.15) is 0 Å². The summed E-state index contributed by atoms with van der Waals surface area (Å²) in [6.07, 6.45) is 7.92. The van der Waals surface area contributed by atoms with E-state index >= 15 is 0 Å². The minimum atomic E-state index is -0.192. The average Bonchev–Trinajstić information content (AvgIpc) is 2.61. The van der Waals surface area contributed by atoms with Gasteiger partial charge >= 0.3 is 0 Å². The van der Waals surface area contributed by atoms with Crippen LogP contribution < -0.4 is 0 Å². The van der Waals surface area contributed by atoms with E-state index in [0.717, 1.165) is 42.1 Å². The number of hydrogen-bond acceptors (Lipinski definition) is 2. The van der Waals surface area contributed by atoms with Crippen LogP contribution in [0.2, 0.25) is 0 Å². The second kappa shape index (κ2) is 7.52. The van der Waals surface area contributed by atoms with Gasteiger partial charge in [0.05, 0.1) is 5.52 Å². The van der Waals surface area contributed by atoms with Crippen molar-refractivity contribution in [2.45, 2.75) is 45.4 Å². The number of halogens is 1. The van der Waals surface area contributed by atoms with E-state index in [4.69, 9.17) is 0 Å². The lowest BCUT2D eigenvalue weighted by Crippen LogP contribution is -2.02. The summed E-state index contributed by atoms with van der Waals surface area (Å²) in [5, 5.41) is 0.977. The highest BCUT2D eigenvalue weighted by atomic mass is 19.1. The van der Waals surface area contributed by atoms with Gasteiger partial charge < -0.3 is 0 Å². The summed E-state index contributed by atoms with van der Waals surface area (Å²) in [6, 6.07) is 11.1. The number of fused-ring (bicyclic) bond motifs is 1. The summed E-state index contributed by atoms with van der Waals surface area (Å²) in [5.41, 5.74) is 3.76. The zero-order valence-electron chi connectivity index (χ0n) is 14.3. The molecule has 0 radical (unpaired) electrons. The van der Waals surface area contributed by atoms with Crippen molar-refractivity contribution >= 4 is 10.9 Å². The number of nitrogens with zero attached hydrogens (tertiary/aromatic N) is 2. The van der Waals surface area contributed by atoms with Crippen molar-refractivity contribution in [3.8, 4) is 11.1 Å². The van der Waals surface area contributed by atoms with E-state index in [0.29, 0.717) is 11.5 Å². The van der Waals surface area contributed by atoms with Gasteiger partial charge in [-0.1, -0.05) is 44.9 Å². The third-order valence-electron chi connectivity index (χ3n) is 4.53. The molecule has 0 N–H and O–H groups in total. The van der Waals surface area contributed by atoms with Gasteiger partial charge in [-0.05, 0) is 48.1 Å². The van der Waals surface area contributed by atoms with E-state index in [2.05, 4.69) is 29.9 Å². The first-order chi connectivity index (χ1) is 11.7. The maximum absolute atomic E-state index is 14.3. The zero-order valence-corrected chi connectivity index (χ0v) is 14.3. The molecule has 0 atom stereocenters. The van der Waals surface area contributed by atoms with Crippen LogP contribution in [0.3, 0.4) is 0 Å². The molecule has 3 rings (SSSR count). The average molecular weight is 322 g/mol. The van der Waals surface area contributed by atoms with Gasteiger partial charge in [0.15, 0.2) is 0 Å². The molecule has 24 heavy (non-hydrogen) atoms. The molecule has 0 aliphatic carbocycles. The molecule has 3 aromatic rings. The Hall–Kier alpha value is -2.29. The van der Waals surface area contributed by atoms with Crippen LogP contribution >= 0.6 is 0 Å². The van der Waals surface area contributed by atoms with E-state index in [9.17, 15) is 4.39 Å². The van der Waals surface area contributed by atoms with E-state index < -0.39 is 0 Å². The van der Waals surface area contributed by atoms with Crippen molar-refractivity contribution in [2.24, 2.45) is 0 Å². The second-order valence-electron chi connectivity index (χ2n) is 6.28. The van der Waals surface area contributed by atoms with E-state index in [1.165, 1.54) is 11.6 Å². The first-order valence-electron chi connectivity index (χ1n) is 8.73. The summed E-state index contributed by atoms with van der Waals surface area (Å²) < 4.78 is 14.3. The van der Waals surface area contributed by atoms with Crippen molar-refractivity contribution in [1.29, 1.82) is 0 Å². The molecule has 2 nitrogen and oxygen atoms in total. The minimum Gasteiger partial charge on any atom is -0.244 e. The summed E-state index contributed by atoms with van der Waals surface area (Å²) in [6.45, 7) is 4.42. The van der Waals surface area contributed by atoms with Crippen molar-refractivity contribution < 1.29 is 4.39 Å². The monoisotopic (exact) mass is 322 g/mol. The van der Waals surface area contributed by atoms with E-state index in [1.807, 2.05) is 24.4 Å². The fraction of sp³-hybridized carbons (Fsp3) is 0.333. The molecule has 1 heterocycles. The lowest BCUT2D eigenvalue weighted by molar-refractivity contribution is 0.563. The second-order valence-corrected chi connectivity index (χ2v) is 6.28. The Bertz CT molecular complexity index is 823. The van der Waals surface area contributed by atoms with Crippen LogP contribution in [0.1, 0.15) is 51.0 Å². The summed E-state index contributed by atoms with van der Waals surface area (Å²) in [5.74, 6) is 0.256. The Morgan fingerprint density at radius 2 is 1.79 bits per heavy atom. The van der Waals surface area contributed by atoms with Gasteiger partial charge in [-0.15, -0.1) is 0 Å². The number of hydrogen-bond donors (Lipinski definition) is 0. The Morgan fingerprint density at radius 3 is 2.50 bits per heavy atom. The summed E-state index contributed by atoms with van der Waals surface area (Å²) in [4.78, 5) is 8.68. The lowest BCUT2D eigenvalue weighted by atomic mass is 9.87. The SMILES string of the molecule is CCCC(CCC)c1cc(-c2ccccc2F)cc2cncnc12. The molecule has 0 saturated heterocycles. The first-order valence-corrected chi connectivity index (χ1v) is 8.73. The maximum Gasteiger partial charge on any atom is 0.131 e. The molecule has 0 aliphatic heterocycles. The third kappa shape index (κ3) is 3.30. The number of aromatic nitrogens is 2. The quantitative estimate of drug-likeness (QED) is 0.546. The van der Waals surface area contributed by atoms with Crippen molar-refractivity contribution in [3.05, 3.63) is 60.3 Å². The molecule has 0 saturated carbocycles. The smallest absolute Gasteiger partial charge is 0.131 e. The molecule has 0 spiro atoms. The molecule has 0 amide bonds. The molecule has 0 bridgehead atoms. The normalized spacial score (nSPS) is 11.3. The van der Waals surface area contributed by atoms with Crippen LogP contribution in [0.15, 0.2) is 48.9 Å². The Morgan fingerprint density at radius 1 is 1.04 bits per heavy atom. The standard InChI is InChI=1S/C21H23FN2/c1-3-7-15(8-4-2)19-12-16(18-9-5-6-10-20(18)22)11-17-13-23-14-24-21(17)19/h5-6,9-15H,3-4,7-8H2,1-2H3. The molecule has 3 heteroatoms. The van der Waals surface area contributed by atoms with Gasteiger partial charge in [0.1, 0.15) is 12.1 Å². The Labute approximate surface area is 142 Å². The van der Waals surface area contributed by atoms with Gasteiger partial charge in [-0.25, -0.2) is 14.4 Å². The predicted molar refractivity (Wildman–Crippen MR) is 97.5 cm³/mol. The predicted octanol–water partition coefficient (Wildman–Crippen LogP) is 6.12. The maximum atomic E-state index is 14.3. The van der Waals surface area contributed by atoms with Gasteiger partial charge in [0, 0.05) is 17.1 Å². The summed E-state index contributed by atoms with van der Waals surface area (Å²) >= 11 is 0. The highest BCUT2D eigenvalue weighted by molar-refractivity contribution is 5.87. The zero-order chi connectivity index (χ0) is 16.9. The van der Waals surface area contributed by atoms with Crippen LogP contribution in [0, 0.1) is 5.82 Å². The van der Waals surface area contributed by atoms with Crippen molar-refractivity contribution in [3.63, 3.8) is 0 Å². The van der Waals surface area contributed by atoms with Crippen LogP contribution in [-0.2, 0) is 0 Å². The molecule has 2 aromatic carbocycles. The third-order valence-corrected chi connectivity index (χ3v) is 4.53. The number of rotatable bonds is 6. The van der Waals surface area contributed by atoms with Crippen molar-refractivity contribution in [2.75, 3.05) is 0 Å². The summed E-state index contributed by atoms with van der Waals surface area (Å²) in [7, 11) is 0. The van der Waals surface area contributed by atoms with Crippen LogP contribution in [-0.4, -0.2) is 9.97 Å². The highest BCUT2D eigenvalue weighted by Gasteiger charge is 2.17. The van der Waals surface area contributed by atoms with Crippen LogP contribution in [0.25, 0.3) is 22.0 Å². The Kier molecular flexibility index (Phi) is 5.19. The largest absolute Gasteiger partial charge is 0.244 e. The molecule has 0 aliphatic rings. The fourth-order valence-electron chi connectivity index (χ4n) is 3.45. The van der Waals surface area contributed by atoms with Crippen molar-refractivity contribution in [1.82, 2.24) is 9.97 Å².